The van der Waals surface area contributed by atoms with E-state index < -0.39 is 5.91 Å². The summed E-state index contributed by atoms with van der Waals surface area (Å²) in [5.41, 5.74) is 9.22. The van der Waals surface area contributed by atoms with E-state index >= 15 is 0 Å². The number of carbonyl (C=O) groups is 2. The molecule has 4 aromatic rings. The molecule has 12 nitrogen and oxygen atoms in total. The monoisotopic (exact) mass is 475 g/mol. The highest BCUT2D eigenvalue weighted by Gasteiger charge is 2.33. The van der Waals surface area contributed by atoms with Gasteiger partial charge in [-0.1, -0.05) is 6.07 Å². The quantitative estimate of drug-likeness (QED) is 0.405. The summed E-state index contributed by atoms with van der Waals surface area (Å²) in [7, 11) is 5.25. The molecular formula is C23H25N9O3. The van der Waals surface area contributed by atoms with Gasteiger partial charge in [-0.3, -0.25) is 14.3 Å². The van der Waals surface area contributed by atoms with Gasteiger partial charge in [0.2, 0.25) is 5.91 Å². The largest absolute Gasteiger partial charge is 0.423 e. The van der Waals surface area contributed by atoms with Gasteiger partial charge in [-0.2, -0.15) is 10.1 Å². The number of nitrogens with one attached hydrogen (secondary N) is 1. The van der Waals surface area contributed by atoms with Gasteiger partial charge in [0.1, 0.15) is 5.52 Å². The Morgan fingerprint density at radius 3 is 2.71 bits per heavy atom. The summed E-state index contributed by atoms with van der Waals surface area (Å²) < 4.78 is 7.58. The number of fused-ring (bicyclic) bond motifs is 1. The fourth-order valence-corrected chi connectivity index (χ4v) is 3.84. The summed E-state index contributed by atoms with van der Waals surface area (Å²) in [6.45, 7) is 1.22. The molecule has 0 aliphatic carbocycles. The summed E-state index contributed by atoms with van der Waals surface area (Å²) in [6, 6.07) is 6.10. The molecule has 1 fully saturated rings. The number of nitrogens with zero attached hydrogens (tertiary/aromatic N) is 7. The maximum Gasteiger partial charge on any atom is 0.298 e. The zero-order valence-corrected chi connectivity index (χ0v) is 19.6. The number of hydrogen-bond donors (Lipinski definition) is 2. The third-order valence-corrected chi connectivity index (χ3v) is 5.86. The van der Waals surface area contributed by atoms with E-state index in [9.17, 15) is 9.59 Å². The summed E-state index contributed by atoms with van der Waals surface area (Å²) >= 11 is 0. The van der Waals surface area contributed by atoms with E-state index in [1.165, 1.54) is 0 Å². The second kappa shape index (κ2) is 8.70. The van der Waals surface area contributed by atoms with Crippen molar-refractivity contribution >= 4 is 40.4 Å². The number of amides is 2. The van der Waals surface area contributed by atoms with Crippen molar-refractivity contribution in [2.24, 2.45) is 12.8 Å². The molecule has 35 heavy (non-hydrogen) atoms. The van der Waals surface area contributed by atoms with E-state index in [2.05, 4.69) is 25.4 Å². The van der Waals surface area contributed by atoms with E-state index in [1.807, 2.05) is 23.1 Å². The van der Waals surface area contributed by atoms with Crippen LogP contribution in [-0.4, -0.2) is 68.6 Å². The highest BCUT2D eigenvalue weighted by atomic mass is 16.4. The molecule has 0 radical (unpaired) electrons. The summed E-state index contributed by atoms with van der Waals surface area (Å²) in [4.78, 5) is 41.0. The first-order chi connectivity index (χ1) is 16.8. The smallest absolute Gasteiger partial charge is 0.298 e. The zero-order valence-electron chi connectivity index (χ0n) is 19.6. The summed E-state index contributed by atoms with van der Waals surface area (Å²) in [5.74, 6) is -0.304. The van der Waals surface area contributed by atoms with Crippen LogP contribution in [0.3, 0.4) is 0 Å². The minimum absolute atomic E-state index is 0.0211. The van der Waals surface area contributed by atoms with E-state index in [-0.39, 0.29) is 23.3 Å². The number of oxazole rings is 1. The SMILES string of the molecule is CN(C)C(=O)Cc1ccc2nc(N3CC(c4cnc(Nc5cnn(C)c5)c(C(N)=O)n4)C3)oc2c1. The number of benzene rings is 1. The van der Waals surface area contributed by atoms with Crippen molar-refractivity contribution in [1.29, 1.82) is 0 Å². The Hall–Kier alpha value is -4.48. The Kier molecular flexibility index (Phi) is 5.55. The molecule has 0 atom stereocenters. The third kappa shape index (κ3) is 4.50. The van der Waals surface area contributed by atoms with Gasteiger partial charge in [0.05, 0.1) is 30.2 Å². The van der Waals surface area contributed by atoms with Crippen LogP contribution in [0.1, 0.15) is 27.7 Å². The second-order valence-electron chi connectivity index (χ2n) is 8.75. The predicted octanol–water partition coefficient (Wildman–Crippen LogP) is 1.43. The molecule has 5 rings (SSSR count). The molecule has 2 amide bonds. The number of nitrogens with two attached hydrogens (primary N) is 1. The van der Waals surface area contributed by atoms with Gasteiger partial charge in [0.15, 0.2) is 17.1 Å². The van der Waals surface area contributed by atoms with E-state index in [1.54, 1.807) is 49.3 Å². The van der Waals surface area contributed by atoms with Crippen LogP contribution in [0.25, 0.3) is 11.1 Å². The van der Waals surface area contributed by atoms with Crippen molar-refractivity contribution in [3.05, 3.63) is 53.7 Å². The standard InChI is InChI=1S/C23H25N9O3/c1-30(2)19(33)7-13-4-5-16-18(6-13)35-23(29-16)32-10-14(11-32)17-9-25-22(20(28-17)21(24)34)27-15-8-26-31(3)12-15/h4-6,8-9,12,14H,7,10-11H2,1-3H3,(H2,24,34)(H,25,27). The topological polar surface area (TPSA) is 148 Å². The number of carbonyl (C=O) groups excluding carboxylic acids is 2. The third-order valence-electron chi connectivity index (χ3n) is 5.86. The lowest BCUT2D eigenvalue weighted by Gasteiger charge is -2.37. The fraction of sp³-hybridized carbons (Fsp3) is 0.304. The van der Waals surface area contributed by atoms with Crippen LogP contribution in [0.5, 0.6) is 0 Å². The van der Waals surface area contributed by atoms with Crippen LogP contribution >= 0.6 is 0 Å². The molecule has 0 spiro atoms. The van der Waals surface area contributed by atoms with Crippen molar-refractivity contribution in [2.75, 3.05) is 37.4 Å². The van der Waals surface area contributed by atoms with Crippen LogP contribution in [-0.2, 0) is 18.3 Å². The maximum absolute atomic E-state index is 12.0. The van der Waals surface area contributed by atoms with Gasteiger partial charge in [-0.05, 0) is 17.7 Å². The molecule has 180 valence electrons. The van der Waals surface area contributed by atoms with Crippen LogP contribution in [0.4, 0.5) is 17.5 Å². The Labute approximate surface area is 200 Å². The molecule has 4 heterocycles. The van der Waals surface area contributed by atoms with Gasteiger partial charge < -0.3 is 25.3 Å². The molecule has 1 aliphatic heterocycles. The lowest BCUT2D eigenvalue weighted by Crippen LogP contribution is -2.45. The van der Waals surface area contributed by atoms with Crippen molar-refractivity contribution in [3.8, 4) is 0 Å². The van der Waals surface area contributed by atoms with Crippen LogP contribution in [0.2, 0.25) is 0 Å². The lowest BCUT2D eigenvalue weighted by atomic mass is 9.97. The Bertz CT molecular complexity index is 1420. The van der Waals surface area contributed by atoms with Crippen LogP contribution in [0.15, 0.2) is 41.2 Å². The summed E-state index contributed by atoms with van der Waals surface area (Å²) in [6.07, 6.45) is 5.33. The number of aryl methyl sites for hydroxylation is 1. The molecular weight excluding hydrogens is 450 g/mol. The molecule has 0 unspecified atom stereocenters. The Morgan fingerprint density at radius 2 is 2.03 bits per heavy atom. The molecule has 1 aliphatic rings. The van der Waals surface area contributed by atoms with Crippen LogP contribution in [0, 0.1) is 0 Å². The first-order valence-electron chi connectivity index (χ1n) is 11.0. The van der Waals surface area contributed by atoms with Crippen molar-refractivity contribution in [1.82, 2.24) is 29.6 Å². The predicted molar refractivity (Wildman–Crippen MR) is 128 cm³/mol. The Morgan fingerprint density at radius 1 is 1.23 bits per heavy atom. The Balaban J connectivity index is 1.28. The molecule has 1 aromatic carbocycles. The number of hydrogen-bond acceptors (Lipinski definition) is 9. The average molecular weight is 476 g/mol. The minimum atomic E-state index is -0.663. The second-order valence-corrected chi connectivity index (χ2v) is 8.75. The molecule has 0 bridgehead atoms. The normalized spacial score (nSPS) is 13.6. The van der Waals surface area contributed by atoms with Gasteiger partial charge in [0, 0.05) is 46.3 Å². The minimum Gasteiger partial charge on any atom is -0.423 e. The first kappa shape index (κ1) is 22.3. The van der Waals surface area contributed by atoms with Crippen molar-refractivity contribution in [3.63, 3.8) is 0 Å². The fourth-order valence-electron chi connectivity index (χ4n) is 3.84. The molecule has 1 saturated heterocycles. The summed E-state index contributed by atoms with van der Waals surface area (Å²) in [5, 5.41) is 7.12. The number of anilines is 3. The molecule has 12 heteroatoms. The van der Waals surface area contributed by atoms with E-state index in [4.69, 9.17) is 10.2 Å². The zero-order chi connectivity index (χ0) is 24.7. The average Bonchev–Trinajstić information content (AvgIpc) is 3.38. The van der Waals surface area contributed by atoms with Gasteiger partial charge in [-0.15, -0.1) is 0 Å². The van der Waals surface area contributed by atoms with Gasteiger partial charge >= 0.3 is 0 Å². The van der Waals surface area contributed by atoms with Crippen molar-refractivity contribution in [2.45, 2.75) is 12.3 Å². The number of primary amides is 1. The highest BCUT2D eigenvalue weighted by molar-refractivity contribution is 5.96. The lowest BCUT2D eigenvalue weighted by molar-refractivity contribution is -0.127. The maximum atomic E-state index is 12.0. The molecule has 3 aromatic heterocycles. The van der Waals surface area contributed by atoms with Crippen LogP contribution < -0.4 is 16.0 Å². The van der Waals surface area contributed by atoms with Crippen molar-refractivity contribution < 1.29 is 14.0 Å². The highest BCUT2D eigenvalue weighted by Crippen LogP contribution is 2.33. The van der Waals surface area contributed by atoms with E-state index in [0.29, 0.717) is 42.5 Å². The van der Waals surface area contributed by atoms with E-state index in [0.717, 1.165) is 11.1 Å². The number of rotatable bonds is 7. The molecule has 3 N–H and O–H groups in total. The number of likely N-dealkylation sites (N-methyl/N-ethyl adjacent to an activating group) is 1. The molecule has 0 saturated carbocycles. The van der Waals surface area contributed by atoms with Gasteiger partial charge in [0.25, 0.3) is 11.9 Å². The van der Waals surface area contributed by atoms with Gasteiger partial charge in [-0.25, -0.2) is 9.97 Å². The number of aromatic nitrogens is 5. The first-order valence-corrected chi connectivity index (χ1v) is 11.0.